The van der Waals surface area contributed by atoms with Crippen LogP contribution in [0, 0.1) is 5.41 Å². The van der Waals surface area contributed by atoms with Gasteiger partial charge in [0.1, 0.15) is 12.7 Å². The number of piperidine rings is 1. The van der Waals surface area contributed by atoms with E-state index in [1.54, 1.807) is 7.11 Å². The molecule has 0 radical (unpaired) electrons. The van der Waals surface area contributed by atoms with Crippen LogP contribution in [0.5, 0.6) is 11.5 Å². The number of hydrogen-bond donors (Lipinski definition) is 3. The fourth-order valence-electron chi connectivity index (χ4n) is 3.22. The van der Waals surface area contributed by atoms with Crippen LogP contribution in [0.4, 0.5) is 0 Å². The van der Waals surface area contributed by atoms with Gasteiger partial charge in [-0.3, -0.25) is 0 Å². The molecule has 3 N–H and O–H groups in total. The second-order valence-corrected chi connectivity index (χ2v) is 8.24. The van der Waals surface area contributed by atoms with Crippen molar-refractivity contribution >= 4 is 0 Å². The molecule has 6 nitrogen and oxygen atoms in total. The van der Waals surface area contributed by atoms with Crippen LogP contribution in [-0.4, -0.2) is 67.7 Å². The molecule has 0 amide bonds. The number of rotatable bonds is 11. The summed E-state index contributed by atoms with van der Waals surface area (Å²) in [4.78, 5) is 2.30. The van der Waals surface area contributed by atoms with Gasteiger partial charge in [-0.15, -0.1) is 0 Å². The van der Waals surface area contributed by atoms with Gasteiger partial charge < -0.3 is 29.9 Å². The highest BCUT2D eigenvalue weighted by Gasteiger charge is 2.17. The van der Waals surface area contributed by atoms with Crippen molar-refractivity contribution in [2.75, 3.05) is 46.5 Å². The highest BCUT2D eigenvalue weighted by atomic mass is 16.5. The summed E-state index contributed by atoms with van der Waals surface area (Å²) in [5.74, 6) is 1.32. The van der Waals surface area contributed by atoms with Gasteiger partial charge in [0.05, 0.1) is 7.11 Å². The number of aliphatic hydroxyl groups is 2. The van der Waals surface area contributed by atoms with E-state index < -0.39 is 6.10 Å². The minimum absolute atomic E-state index is 0.145. The molecule has 0 bridgehead atoms. The third-order valence-electron chi connectivity index (χ3n) is 4.94. The molecule has 2 rings (SSSR count). The standard InChI is InChI=1S/C21H36N2O4/c1-21(2,16-24)15-22-12-17-7-8-19(26-3)20(11-17)27-14-18(25)13-23-9-5-4-6-10-23/h7-8,11,18,22,24-25H,4-6,9-10,12-16H2,1-3H3/t18-/m1/s1. The zero-order valence-electron chi connectivity index (χ0n) is 17.0. The van der Waals surface area contributed by atoms with E-state index in [0.29, 0.717) is 24.6 Å². The summed E-state index contributed by atoms with van der Waals surface area (Å²) in [7, 11) is 1.62. The summed E-state index contributed by atoms with van der Waals surface area (Å²) in [5, 5.41) is 23.0. The number of nitrogens with one attached hydrogen (secondary N) is 1. The number of likely N-dealkylation sites (tertiary alicyclic amines) is 1. The Kier molecular flexibility index (Phi) is 8.83. The van der Waals surface area contributed by atoms with Crippen LogP contribution in [0.15, 0.2) is 18.2 Å². The number of nitrogens with zero attached hydrogens (tertiary/aromatic N) is 1. The van der Waals surface area contributed by atoms with Gasteiger partial charge in [0.15, 0.2) is 11.5 Å². The second kappa shape index (κ2) is 10.9. The van der Waals surface area contributed by atoms with E-state index in [4.69, 9.17) is 9.47 Å². The Morgan fingerprint density at radius 2 is 1.93 bits per heavy atom. The zero-order chi connectivity index (χ0) is 19.7. The molecular formula is C21H36N2O4. The summed E-state index contributed by atoms with van der Waals surface area (Å²) in [6.07, 6.45) is 3.20. The summed E-state index contributed by atoms with van der Waals surface area (Å²) in [6, 6.07) is 5.83. The van der Waals surface area contributed by atoms with Gasteiger partial charge >= 0.3 is 0 Å². The van der Waals surface area contributed by atoms with Crippen LogP contribution in [0.1, 0.15) is 38.7 Å². The topological polar surface area (TPSA) is 74.2 Å². The lowest BCUT2D eigenvalue weighted by Crippen LogP contribution is -2.38. The molecule has 1 atom stereocenters. The molecule has 0 unspecified atom stereocenters. The summed E-state index contributed by atoms with van der Waals surface area (Å²) in [6.45, 7) is 8.61. The lowest BCUT2D eigenvalue weighted by atomic mass is 9.95. The summed E-state index contributed by atoms with van der Waals surface area (Å²) in [5.41, 5.74) is 0.926. The molecular weight excluding hydrogens is 344 g/mol. The highest BCUT2D eigenvalue weighted by molar-refractivity contribution is 5.43. The zero-order valence-corrected chi connectivity index (χ0v) is 17.0. The van der Waals surface area contributed by atoms with Crippen LogP contribution < -0.4 is 14.8 Å². The Morgan fingerprint density at radius 1 is 1.19 bits per heavy atom. The molecule has 1 aromatic carbocycles. The largest absolute Gasteiger partial charge is 0.493 e. The molecule has 0 spiro atoms. The van der Waals surface area contributed by atoms with Crippen LogP contribution >= 0.6 is 0 Å². The van der Waals surface area contributed by atoms with Gasteiger partial charge in [-0.05, 0) is 43.6 Å². The van der Waals surface area contributed by atoms with Gasteiger partial charge in [-0.2, -0.15) is 0 Å². The van der Waals surface area contributed by atoms with E-state index in [-0.39, 0.29) is 18.6 Å². The molecule has 27 heavy (non-hydrogen) atoms. The third-order valence-corrected chi connectivity index (χ3v) is 4.94. The van der Waals surface area contributed by atoms with Gasteiger partial charge in [0.25, 0.3) is 0 Å². The smallest absolute Gasteiger partial charge is 0.161 e. The van der Waals surface area contributed by atoms with Gasteiger partial charge in [0, 0.05) is 31.7 Å². The number of ether oxygens (including phenoxy) is 2. The molecule has 1 aliphatic heterocycles. The molecule has 0 aliphatic carbocycles. The lowest BCUT2D eigenvalue weighted by Gasteiger charge is -2.28. The first-order valence-corrected chi connectivity index (χ1v) is 9.95. The molecule has 1 fully saturated rings. The SMILES string of the molecule is COc1ccc(CNCC(C)(C)CO)cc1OC[C@H](O)CN1CCCCC1. The van der Waals surface area contributed by atoms with Crippen molar-refractivity contribution in [3.05, 3.63) is 23.8 Å². The van der Waals surface area contributed by atoms with E-state index in [1.165, 1.54) is 19.3 Å². The molecule has 0 saturated carbocycles. The van der Waals surface area contributed by atoms with Crippen molar-refractivity contribution in [1.82, 2.24) is 10.2 Å². The number of hydrogen-bond acceptors (Lipinski definition) is 6. The monoisotopic (exact) mass is 380 g/mol. The van der Waals surface area contributed by atoms with Crippen LogP contribution in [0.3, 0.4) is 0 Å². The molecule has 1 saturated heterocycles. The van der Waals surface area contributed by atoms with Crippen molar-refractivity contribution < 1.29 is 19.7 Å². The first kappa shape index (κ1) is 22.0. The van der Waals surface area contributed by atoms with Gasteiger partial charge in [-0.25, -0.2) is 0 Å². The quantitative estimate of drug-likeness (QED) is 0.546. The minimum Gasteiger partial charge on any atom is -0.493 e. The summed E-state index contributed by atoms with van der Waals surface area (Å²) < 4.78 is 11.3. The van der Waals surface area contributed by atoms with Crippen LogP contribution in [0.25, 0.3) is 0 Å². The Hall–Kier alpha value is -1.34. The average Bonchev–Trinajstić information content (AvgIpc) is 2.67. The first-order valence-electron chi connectivity index (χ1n) is 9.95. The molecule has 1 aliphatic rings. The maximum absolute atomic E-state index is 10.3. The normalized spacial score (nSPS) is 16.9. The predicted molar refractivity (Wildman–Crippen MR) is 107 cm³/mol. The third kappa shape index (κ3) is 7.66. The van der Waals surface area contributed by atoms with Gasteiger partial charge in [0.2, 0.25) is 0 Å². The highest BCUT2D eigenvalue weighted by Crippen LogP contribution is 2.28. The molecule has 1 aromatic rings. The number of methoxy groups -OCH3 is 1. The van der Waals surface area contributed by atoms with E-state index in [0.717, 1.165) is 25.2 Å². The number of benzene rings is 1. The van der Waals surface area contributed by atoms with Crippen LogP contribution in [0.2, 0.25) is 0 Å². The van der Waals surface area contributed by atoms with E-state index in [1.807, 2.05) is 32.0 Å². The Morgan fingerprint density at radius 3 is 2.59 bits per heavy atom. The van der Waals surface area contributed by atoms with Crippen molar-refractivity contribution in [1.29, 1.82) is 0 Å². The van der Waals surface area contributed by atoms with Crippen molar-refractivity contribution in [2.24, 2.45) is 5.41 Å². The average molecular weight is 381 g/mol. The number of β-amino-alcohol motifs (C(OH)–C–C–N with tert-alkyl or cyclic N) is 1. The maximum atomic E-state index is 10.3. The van der Waals surface area contributed by atoms with Crippen LogP contribution in [-0.2, 0) is 6.54 Å². The molecule has 154 valence electrons. The van der Waals surface area contributed by atoms with Crippen molar-refractivity contribution in [3.63, 3.8) is 0 Å². The van der Waals surface area contributed by atoms with E-state index >= 15 is 0 Å². The maximum Gasteiger partial charge on any atom is 0.161 e. The van der Waals surface area contributed by atoms with Crippen molar-refractivity contribution in [2.45, 2.75) is 45.8 Å². The Balaban J connectivity index is 1.86. The second-order valence-electron chi connectivity index (χ2n) is 8.24. The van der Waals surface area contributed by atoms with E-state index in [9.17, 15) is 10.2 Å². The fourth-order valence-corrected chi connectivity index (χ4v) is 3.22. The number of aliphatic hydroxyl groups excluding tert-OH is 2. The molecule has 6 heteroatoms. The minimum atomic E-state index is -0.514. The summed E-state index contributed by atoms with van der Waals surface area (Å²) >= 11 is 0. The molecule has 0 aromatic heterocycles. The van der Waals surface area contributed by atoms with Crippen molar-refractivity contribution in [3.8, 4) is 11.5 Å². The molecule has 1 heterocycles. The fraction of sp³-hybridized carbons (Fsp3) is 0.714. The first-order chi connectivity index (χ1) is 12.9. The predicted octanol–water partition coefficient (Wildman–Crippen LogP) is 2.03. The van der Waals surface area contributed by atoms with Gasteiger partial charge in [-0.1, -0.05) is 26.3 Å². The Bertz CT molecular complexity index is 559. The Labute approximate surface area is 163 Å². The van der Waals surface area contributed by atoms with E-state index in [2.05, 4.69) is 10.2 Å². The lowest BCUT2D eigenvalue weighted by molar-refractivity contribution is 0.0608.